The normalized spacial score (nSPS) is 26.7. The Morgan fingerprint density at radius 3 is 2.18 bits per heavy atom. The monoisotopic (exact) mass is 301 g/mol. The fourth-order valence-electron chi connectivity index (χ4n) is 3.74. The van der Waals surface area contributed by atoms with Crippen molar-refractivity contribution in [3.05, 3.63) is 35.9 Å². The van der Waals surface area contributed by atoms with Crippen molar-refractivity contribution in [3.8, 4) is 0 Å². The van der Waals surface area contributed by atoms with Crippen molar-refractivity contribution in [2.24, 2.45) is 5.92 Å². The summed E-state index contributed by atoms with van der Waals surface area (Å²) in [5, 5.41) is 12.2. The lowest BCUT2D eigenvalue weighted by atomic mass is 9.63. The fourth-order valence-corrected chi connectivity index (χ4v) is 3.74. The third-order valence-electron chi connectivity index (χ3n) is 5.38. The minimum atomic E-state index is -0.704. The van der Waals surface area contributed by atoms with E-state index in [1.807, 2.05) is 30.3 Å². The molecule has 2 N–H and O–H groups in total. The number of rotatable bonds is 4. The Labute approximate surface area is 130 Å². The van der Waals surface area contributed by atoms with Crippen LogP contribution in [-0.4, -0.2) is 23.0 Å². The number of carboxylic acids is 1. The largest absolute Gasteiger partial charge is 0.481 e. The molecule has 0 saturated heterocycles. The van der Waals surface area contributed by atoms with Crippen LogP contribution < -0.4 is 5.32 Å². The van der Waals surface area contributed by atoms with Gasteiger partial charge in [-0.05, 0) is 44.1 Å². The molecule has 4 heteroatoms. The van der Waals surface area contributed by atoms with Gasteiger partial charge in [-0.1, -0.05) is 36.8 Å². The fraction of sp³-hybridized carbons (Fsp3) is 0.556. The Morgan fingerprint density at radius 1 is 1.05 bits per heavy atom. The highest BCUT2D eigenvalue weighted by molar-refractivity contribution is 5.89. The third kappa shape index (κ3) is 2.74. The van der Waals surface area contributed by atoms with Crippen molar-refractivity contribution in [2.45, 2.75) is 56.4 Å². The number of carbonyl (C=O) groups is 2. The minimum absolute atomic E-state index is 0.128. The van der Waals surface area contributed by atoms with E-state index in [4.69, 9.17) is 5.11 Å². The molecule has 3 rings (SSSR count). The van der Waals surface area contributed by atoms with Crippen LogP contribution in [0.5, 0.6) is 0 Å². The molecule has 0 spiro atoms. The van der Waals surface area contributed by atoms with Gasteiger partial charge in [-0.3, -0.25) is 9.59 Å². The molecule has 1 aromatic rings. The highest BCUT2D eigenvalue weighted by atomic mass is 16.4. The number of benzene rings is 1. The van der Waals surface area contributed by atoms with E-state index in [1.54, 1.807) is 0 Å². The lowest BCUT2D eigenvalue weighted by Crippen LogP contribution is -2.52. The highest BCUT2D eigenvalue weighted by Crippen LogP contribution is 2.44. The van der Waals surface area contributed by atoms with Crippen LogP contribution in [-0.2, 0) is 15.0 Å². The predicted octanol–water partition coefficient (Wildman–Crippen LogP) is 2.87. The van der Waals surface area contributed by atoms with Crippen molar-refractivity contribution in [2.75, 3.05) is 0 Å². The van der Waals surface area contributed by atoms with Gasteiger partial charge in [-0.2, -0.15) is 0 Å². The van der Waals surface area contributed by atoms with Gasteiger partial charge >= 0.3 is 5.97 Å². The molecule has 2 aliphatic rings. The average molecular weight is 301 g/mol. The predicted molar refractivity (Wildman–Crippen MR) is 83.5 cm³/mol. The molecule has 4 nitrogen and oxygen atoms in total. The third-order valence-corrected chi connectivity index (χ3v) is 5.38. The summed E-state index contributed by atoms with van der Waals surface area (Å²) in [6.45, 7) is 0. The van der Waals surface area contributed by atoms with Crippen LogP contribution in [0.3, 0.4) is 0 Å². The molecule has 118 valence electrons. The van der Waals surface area contributed by atoms with Crippen LogP contribution in [0.4, 0.5) is 0 Å². The molecular weight excluding hydrogens is 278 g/mol. The van der Waals surface area contributed by atoms with E-state index >= 15 is 0 Å². The molecule has 0 bridgehead atoms. The first-order valence-electron chi connectivity index (χ1n) is 8.21. The zero-order chi connectivity index (χ0) is 15.6. The van der Waals surface area contributed by atoms with Gasteiger partial charge in [0.1, 0.15) is 0 Å². The van der Waals surface area contributed by atoms with E-state index in [1.165, 1.54) is 0 Å². The maximum atomic E-state index is 12.8. The van der Waals surface area contributed by atoms with Gasteiger partial charge in [0.2, 0.25) is 5.91 Å². The molecule has 22 heavy (non-hydrogen) atoms. The second kappa shape index (κ2) is 6.11. The van der Waals surface area contributed by atoms with Gasteiger partial charge in [0.25, 0.3) is 0 Å². The Bertz CT molecular complexity index is 543. The van der Waals surface area contributed by atoms with Crippen molar-refractivity contribution in [1.29, 1.82) is 0 Å². The van der Waals surface area contributed by atoms with Crippen molar-refractivity contribution >= 4 is 11.9 Å². The number of carboxylic acid groups (broad SMARTS) is 1. The molecule has 1 aromatic carbocycles. The quantitative estimate of drug-likeness (QED) is 0.898. The van der Waals surface area contributed by atoms with E-state index in [2.05, 4.69) is 5.32 Å². The summed E-state index contributed by atoms with van der Waals surface area (Å²) in [5.41, 5.74) is 0.753. The second-order valence-electron chi connectivity index (χ2n) is 6.66. The molecule has 2 saturated carbocycles. The van der Waals surface area contributed by atoms with Gasteiger partial charge < -0.3 is 10.4 Å². The van der Waals surface area contributed by atoms with Crippen LogP contribution >= 0.6 is 0 Å². The maximum absolute atomic E-state index is 12.8. The van der Waals surface area contributed by atoms with Crippen molar-refractivity contribution < 1.29 is 14.7 Å². The summed E-state index contributed by atoms with van der Waals surface area (Å²) in [6, 6.07) is 10.2. The van der Waals surface area contributed by atoms with E-state index in [-0.39, 0.29) is 23.3 Å². The SMILES string of the molecule is O=C(O)C1CCC(NC(=O)C2(c3ccccc3)CCC2)CC1. The van der Waals surface area contributed by atoms with Gasteiger partial charge in [-0.15, -0.1) is 0 Å². The summed E-state index contributed by atoms with van der Waals surface area (Å²) in [7, 11) is 0. The summed E-state index contributed by atoms with van der Waals surface area (Å²) in [6.07, 6.45) is 5.78. The van der Waals surface area contributed by atoms with Gasteiger partial charge in [0, 0.05) is 6.04 Å². The smallest absolute Gasteiger partial charge is 0.306 e. The zero-order valence-corrected chi connectivity index (χ0v) is 12.8. The molecule has 2 fully saturated rings. The van der Waals surface area contributed by atoms with Crippen LogP contribution in [0.15, 0.2) is 30.3 Å². The van der Waals surface area contributed by atoms with E-state index in [0.717, 1.165) is 37.7 Å². The Kier molecular flexibility index (Phi) is 4.19. The lowest BCUT2D eigenvalue weighted by Gasteiger charge is -2.42. The molecule has 0 heterocycles. The van der Waals surface area contributed by atoms with Crippen molar-refractivity contribution in [1.82, 2.24) is 5.32 Å². The zero-order valence-electron chi connectivity index (χ0n) is 12.8. The first-order valence-corrected chi connectivity index (χ1v) is 8.21. The van der Waals surface area contributed by atoms with E-state index < -0.39 is 5.97 Å². The Hall–Kier alpha value is -1.84. The number of nitrogens with one attached hydrogen (secondary N) is 1. The second-order valence-corrected chi connectivity index (χ2v) is 6.66. The average Bonchev–Trinajstić information content (AvgIpc) is 2.48. The maximum Gasteiger partial charge on any atom is 0.306 e. The van der Waals surface area contributed by atoms with Crippen LogP contribution in [0, 0.1) is 5.92 Å². The molecule has 2 aliphatic carbocycles. The molecule has 0 aromatic heterocycles. The Morgan fingerprint density at radius 2 is 1.68 bits per heavy atom. The lowest BCUT2D eigenvalue weighted by molar-refractivity contribution is -0.142. The number of hydrogen-bond donors (Lipinski definition) is 2. The van der Waals surface area contributed by atoms with E-state index in [0.29, 0.717) is 12.8 Å². The summed E-state index contributed by atoms with van der Waals surface area (Å²) in [4.78, 5) is 23.8. The summed E-state index contributed by atoms with van der Waals surface area (Å²) < 4.78 is 0. The number of amides is 1. The first kappa shape index (κ1) is 15.1. The van der Waals surface area contributed by atoms with Crippen molar-refractivity contribution in [3.63, 3.8) is 0 Å². The highest BCUT2D eigenvalue weighted by Gasteiger charge is 2.46. The topological polar surface area (TPSA) is 66.4 Å². The van der Waals surface area contributed by atoms with Crippen LogP contribution in [0.1, 0.15) is 50.5 Å². The van der Waals surface area contributed by atoms with E-state index in [9.17, 15) is 9.59 Å². The number of carbonyl (C=O) groups excluding carboxylic acids is 1. The van der Waals surface area contributed by atoms with Gasteiger partial charge in [-0.25, -0.2) is 0 Å². The summed E-state index contributed by atoms with van der Waals surface area (Å²) in [5.74, 6) is -0.812. The molecule has 0 radical (unpaired) electrons. The molecule has 0 unspecified atom stereocenters. The number of aliphatic carboxylic acids is 1. The minimum Gasteiger partial charge on any atom is -0.481 e. The van der Waals surface area contributed by atoms with Crippen LogP contribution in [0.2, 0.25) is 0 Å². The van der Waals surface area contributed by atoms with Gasteiger partial charge in [0.15, 0.2) is 0 Å². The van der Waals surface area contributed by atoms with Gasteiger partial charge in [0.05, 0.1) is 11.3 Å². The molecule has 0 aliphatic heterocycles. The molecular formula is C18H23NO3. The number of hydrogen-bond acceptors (Lipinski definition) is 2. The Balaban J connectivity index is 1.63. The van der Waals surface area contributed by atoms with Crippen LogP contribution in [0.25, 0.3) is 0 Å². The molecule has 1 amide bonds. The summed E-state index contributed by atoms with van der Waals surface area (Å²) >= 11 is 0. The first-order chi connectivity index (χ1) is 10.6. The standard InChI is InChI=1S/C18H23NO3/c20-16(21)13-7-9-15(10-8-13)19-17(22)18(11-4-12-18)14-5-2-1-3-6-14/h1-3,5-6,13,15H,4,7-12H2,(H,19,22)(H,20,21). The molecule has 0 atom stereocenters.